The number of hydrogen-bond acceptors (Lipinski definition) is 5. The number of carbonyl (C=O) groups is 1. The maximum absolute atomic E-state index is 13.2. The zero-order valence-electron chi connectivity index (χ0n) is 15.5. The highest BCUT2D eigenvalue weighted by Gasteiger charge is 2.19. The van der Waals surface area contributed by atoms with Crippen LogP contribution in [-0.2, 0) is 0 Å². The molecule has 2 aromatic carbocycles. The van der Waals surface area contributed by atoms with Crippen molar-refractivity contribution in [2.75, 3.05) is 19.5 Å². The quantitative estimate of drug-likeness (QED) is 0.733. The summed E-state index contributed by atoms with van der Waals surface area (Å²) in [4.78, 5) is 25.2. The lowest BCUT2D eigenvalue weighted by Gasteiger charge is -2.13. The van der Waals surface area contributed by atoms with Crippen molar-refractivity contribution in [1.82, 2.24) is 9.78 Å². The van der Waals surface area contributed by atoms with Crippen LogP contribution in [0.25, 0.3) is 5.69 Å². The molecule has 0 unspecified atom stereocenters. The number of rotatable bonds is 5. The van der Waals surface area contributed by atoms with E-state index in [1.807, 2.05) is 13.0 Å². The highest BCUT2D eigenvalue weighted by Crippen LogP contribution is 2.26. The molecule has 0 spiro atoms. The van der Waals surface area contributed by atoms with E-state index in [-0.39, 0.29) is 11.4 Å². The van der Waals surface area contributed by atoms with Crippen LogP contribution in [-0.4, -0.2) is 29.9 Å². The van der Waals surface area contributed by atoms with Gasteiger partial charge in [-0.1, -0.05) is 6.07 Å². The number of aromatic nitrogens is 2. The first kappa shape index (κ1) is 19.1. The molecular formula is C20H18FN3O4. The molecular weight excluding hydrogens is 365 g/mol. The van der Waals surface area contributed by atoms with Gasteiger partial charge < -0.3 is 14.8 Å². The Morgan fingerprint density at radius 3 is 2.36 bits per heavy atom. The molecule has 0 aliphatic heterocycles. The van der Waals surface area contributed by atoms with Gasteiger partial charge >= 0.3 is 0 Å². The van der Waals surface area contributed by atoms with E-state index in [0.717, 1.165) is 16.3 Å². The molecule has 3 rings (SSSR count). The highest BCUT2D eigenvalue weighted by molar-refractivity contribution is 6.05. The van der Waals surface area contributed by atoms with Crippen LogP contribution in [0.3, 0.4) is 0 Å². The molecule has 1 N–H and O–H groups in total. The van der Waals surface area contributed by atoms with E-state index in [9.17, 15) is 14.0 Å². The molecule has 28 heavy (non-hydrogen) atoms. The van der Waals surface area contributed by atoms with E-state index in [4.69, 9.17) is 9.47 Å². The topological polar surface area (TPSA) is 82.5 Å². The fourth-order valence-corrected chi connectivity index (χ4v) is 2.62. The summed E-state index contributed by atoms with van der Waals surface area (Å²) in [5.74, 6) is -0.538. The van der Waals surface area contributed by atoms with Gasteiger partial charge in [0.05, 0.1) is 31.7 Å². The standard InChI is InChI=1S/C20H18FN3O4/c1-12-4-9-16(27-2)15(10-12)22-20(26)19-17(28-3)11-18(25)24(23-19)14-7-5-13(21)6-8-14/h4-11H,1-3H3,(H,22,26). The number of halogens is 1. The molecule has 0 radical (unpaired) electrons. The van der Waals surface area contributed by atoms with E-state index in [0.29, 0.717) is 17.1 Å². The second kappa shape index (κ2) is 7.91. The summed E-state index contributed by atoms with van der Waals surface area (Å²) in [6, 6.07) is 11.7. The van der Waals surface area contributed by atoms with Gasteiger partial charge in [0.2, 0.25) is 0 Å². The Bertz CT molecular complexity index is 1080. The lowest BCUT2D eigenvalue weighted by Crippen LogP contribution is -2.26. The van der Waals surface area contributed by atoms with Crippen LogP contribution in [0.15, 0.2) is 53.3 Å². The Labute approximate surface area is 160 Å². The first-order chi connectivity index (χ1) is 13.4. The molecule has 0 bridgehead atoms. The Morgan fingerprint density at radius 1 is 1.04 bits per heavy atom. The number of ether oxygens (including phenoxy) is 2. The van der Waals surface area contributed by atoms with Gasteiger partial charge in [-0.05, 0) is 48.9 Å². The number of nitrogens with zero attached hydrogens (tertiary/aromatic N) is 2. The molecule has 1 aromatic heterocycles. The SMILES string of the molecule is COc1ccc(C)cc1NC(=O)c1nn(-c2ccc(F)cc2)c(=O)cc1OC. The first-order valence-corrected chi connectivity index (χ1v) is 8.33. The van der Waals surface area contributed by atoms with E-state index in [2.05, 4.69) is 10.4 Å². The van der Waals surface area contributed by atoms with Gasteiger partial charge in [-0.15, -0.1) is 0 Å². The number of anilines is 1. The molecule has 144 valence electrons. The van der Waals surface area contributed by atoms with E-state index in [1.165, 1.54) is 38.5 Å². The summed E-state index contributed by atoms with van der Waals surface area (Å²) < 4.78 is 24.6. The van der Waals surface area contributed by atoms with Gasteiger partial charge in [0.25, 0.3) is 11.5 Å². The van der Waals surface area contributed by atoms with E-state index < -0.39 is 17.3 Å². The molecule has 0 aliphatic rings. The van der Waals surface area contributed by atoms with Gasteiger partial charge in [-0.25, -0.2) is 4.39 Å². The number of carbonyl (C=O) groups excluding carboxylic acids is 1. The molecule has 0 saturated heterocycles. The fourth-order valence-electron chi connectivity index (χ4n) is 2.62. The number of methoxy groups -OCH3 is 2. The molecule has 3 aromatic rings. The zero-order valence-corrected chi connectivity index (χ0v) is 15.5. The number of hydrogen-bond donors (Lipinski definition) is 1. The van der Waals surface area contributed by atoms with Crippen LogP contribution in [0.5, 0.6) is 11.5 Å². The number of nitrogens with one attached hydrogen (secondary N) is 1. The molecule has 0 fully saturated rings. The van der Waals surface area contributed by atoms with Crippen molar-refractivity contribution in [1.29, 1.82) is 0 Å². The van der Waals surface area contributed by atoms with Crippen LogP contribution >= 0.6 is 0 Å². The van der Waals surface area contributed by atoms with Crippen molar-refractivity contribution in [2.45, 2.75) is 6.92 Å². The molecule has 0 atom stereocenters. The highest BCUT2D eigenvalue weighted by atomic mass is 19.1. The molecule has 7 nitrogen and oxygen atoms in total. The Hall–Kier alpha value is -3.68. The van der Waals surface area contributed by atoms with Crippen LogP contribution in [0.1, 0.15) is 16.1 Å². The normalized spacial score (nSPS) is 10.4. The van der Waals surface area contributed by atoms with E-state index in [1.54, 1.807) is 12.1 Å². The lowest BCUT2D eigenvalue weighted by molar-refractivity contribution is 0.101. The van der Waals surface area contributed by atoms with Gasteiger partial charge in [0.1, 0.15) is 11.6 Å². The van der Waals surface area contributed by atoms with Crippen molar-refractivity contribution in [3.63, 3.8) is 0 Å². The third kappa shape index (κ3) is 3.85. The Morgan fingerprint density at radius 2 is 1.71 bits per heavy atom. The van der Waals surface area contributed by atoms with Crippen LogP contribution < -0.4 is 20.3 Å². The number of aryl methyl sites for hydroxylation is 1. The molecule has 8 heteroatoms. The minimum absolute atomic E-state index is 0.0208. The third-order valence-corrected chi connectivity index (χ3v) is 4.01. The van der Waals surface area contributed by atoms with Crippen molar-refractivity contribution < 1.29 is 18.7 Å². The zero-order chi connectivity index (χ0) is 20.3. The molecule has 1 amide bonds. The predicted octanol–water partition coefficient (Wildman–Crippen LogP) is 2.95. The number of benzene rings is 2. The van der Waals surface area contributed by atoms with Gasteiger partial charge in [0.15, 0.2) is 11.4 Å². The summed E-state index contributed by atoms with van der Waals surface area (Å²) in [6.45, 7) is 1.88. The maximum Gasteiger partial charge on any atom is 0.280 e. The molecule has 1 heterocycles. The largest absolute Gasteiger partial charge is 0.495 e. The van der Waals surface area contributed by atoms with Crippen LogP contribution in [0.2, 0.25) is 0 Å². The van der Waals surface area contributed by atoms with Crippen LogP contribution in [0.4, 0.5) is 10.1 Å². The van der Waals surface area contributed by atoms with Crippen LogP contribution in [0, 0.1) is 12.7 Å². The van der Waals surface area contributed by atoms with Crippen molar-refractivity contribution >= 4 is 11.6 Å². The molecule has 0 saturated carbocycles. The summed E-state index contributed by atoms with van der Waals surface area (Å²) in [5, 5.41) is 6.84. The summed E-state index contributed by atoms with van der Waals surface area (Å²) in [7, 11) is 2.83. The monoisotopic (exact) mass is 383 g/mol. The maximum atomic E-state index is 13.2. The Balaban J connectivity index is 2.04. The predicted molar refractivity (Wildman–Crippen MR) is 102 cm³/mol. The van der Waals surface area contributed by atoms with Crippen molar-refractivity contribution in [3.05, 3.63) is 76.0 Å². The van der Waals surface area contributed by atoms with Gasteiger partial charge in [0, 0.05) is 0 Å². The second-order valence-electron chi connectivity index (χ2n) is 5.95. The van der Waals surface area contributed by atoms with Crippen molar-refractivity contribution in [3.8, 4) is 17.2 Å². The molecule has 0 aliphatic carbocycles. The summed E-state index contributed by atoms with van der Waals surface area (Å²) in [5.41, 5.74) is 1.07. The second-order valence-corrected chi connectivity index (χ2v) is 5.95. The summed E-state index contributed by atoms with van der Waals surface area (Å²) >= 11 is 0. The Kier molecular flexibility index (Phi) is 5.39. The van der Waals surface area contributed by atoms with Crippen molar-refractivity contribution in [2.24, 2.45) is 0 Å². The minimum Gasteiger partial charge on any atom is -0.495 e. The minimum atomic E-state index is -0.586. The smallest absolute Gasteiger partial charge is 0.280 e. The fraction of sp³-hybridized carbons (Fsp3) is 0.150. The number of amides is 1. The van der Waals surface area contributed by atoms with E-state index >= 15 is 0 Å². The average Bonchev–Trinajstić information content (AvgIpc) is 2.68. The summed E-state index contributed by atoms with van der Waals surface area (Å²) in [6.07, 6.45) is 0. The lowest BCUT2D eigenvalue weighted by atomic mass is 10.2. The van der Waals surface area contributed by atoms with Gasteiger partial charge in [-0.2, -0.15) is 9.78 Å². The first-order valence-electron chi connectivity index (χ1n) is 8.33. The third-order valence-electron chi connectivity index (χ3n) is 4.01. The average molecular weight is 383 g/mol. The van der Waals surface area contributed by atoms with Gasteiger partial charge in [-0.3, -0.25) is 9.59 Å².